The number of hydrogen-bond acceptors (Lipinski definition) is 4. The van der Waals surface area contributed by atoms with E-state index in [0.29, 0.717) is 24.1 Å². The van der Waals surface area contributed by atoms with Gasteiger partial charge in [0, 0.05) is 18.5 Å². The van der Waals surface area contributed by atoms with Crippen molar-refractivity contribution in [3.8, 4) is 0 Å². The number of rotatable bonds is 4. The van der Waals surface area contributed by atoms with Gasteiger partial charge in [-0.3, -0.25) is 4.79 Å². The zero-order valence-corrected chi connectivity index (χ0v) is 9.81. The lowest BCUT2D eigenvalue weighted by molar-refractivity contribution is 0.0202. The topological polar surface area (TPSA) is 69.6 Å². The molecule has 0 aromatic heterocycles. The molecule has 1 aliphatic carbocycles. The number of carbonyl (C=O) groups excluding carboxylic acids is 1. The van der Waals surface area contributed by atoms with Crippen LogP contribution in [-0.2, 0) is 6.42 Å². The summed E-state index contributed by atoms with van der Waals surface area (Å²) in [6.45, 7) is 0.312. The molecule has 17 heavy (non-hydrogen) atoms. The Balaban J connectivity index is 2.22. The fourth-order valence-electron chi connectivity index (χ4n) is 2.18. The molecule has 0 heterocycles. The van der Waals surface area contributed by atoms with E-state index in [1.807, 2.05) is 6.07 Å². The molecule has 0 radical (unpaired) electrons. The van der Waals surface area contributed by atoms with Crippen LogP contribution in [0.2, 0.25) is 0 Å². The summed E-state index contributed by atoms with van der Waals surface area (Å²) >= 11 is 0. The van der Waals surface area contributed by atoms with Gasteiger partial charge in [0.05, 0.1) is 6.10 Å². The third kappa shape index (κ3) is 2.39. The lowest BCUT2D eigenvalue weighted by atomic mass is 9.99. The minimum atomic E-state index is -0.957. The summed E-state index contributed by atoms with van der Waals surface area (Å²) in [6.07, 6.45) is -0.493. The summed E-state index contributed by atoms with van der Waals surface area (Å²) < 4.78 is 0. The van der Waals surface area contributed by atoms with Gasteiger partial charge in [-0.15, -0.1) is 0 Å². The first-order valence-corrected chi connectivity index (χ1v) is 5.80. The van der Waals surface area contributed by atoms with Crippen molar-refractivity contribution in [3.63, 3.8) is 0 Å². The number of aryl methyl sites for hydroxylation is 1. The van der Waals surface area contributed by atoms with Gasteiger partial charge in [-0.25, -0.2) is 0 Å². The summed E-state index contributed by atoms with van der Waals surface area (Å²) in [4.78, 5) is 11.6. The second-order valence-corrected chi connectivity index (χ2v) is 4.41. The fourth-order valence-corrected chi connectivity index (χ4v) is 2.18. The van der Waals surface area contributed by atoms with Crippen LogP contribution in [0.5, 0.6) is 0 Å². The molecule has 0 fully saturated rings. The van der Waals surface area contributed by atoms with E-state index >= 15 is 0 Å². The number of fused-ring (bicyclic) bond motifs is 1. The van der Waals surface area contributed by atoms with Gasteiger partial charge >= 0.3 is 0 Å². The smallest absolute Gasteiger partial charge is 0.163 e. The van der Waals surface area contributed by atoms with Crippen molar-refractivity contribution in [2.75, 3.05) is 13.6 Å². The predicted molar refractivity (Wildman–Crippen MR) is 64.0 cm³/mol. The molecule has 4 nitrogen and oxygen atoms in total. The second-order valence-electron chi connectivity index (χ2n) is 4.41. The number of ketones is 1. The van der Waals surface area contributed by atoms with Crippen LogP contribution in [0.1, 0.15) is 34.0 Å². The Bertz CT molecular complexity index is 431. The molecule has 92 valence electrons. The first-order chi connectivity index (χ1) is 8.13. The lowest BCUT2D eigenvalue weighted by Gasteiger charge is -2.18. The van der Waals surface area contributed by atoms with Crippen molar-refractivity contribution >= 4 is 5.78 Å². The van der Waals surface area contributed by atoms with Crippen LogP contribution in [0, 0.1) is 0 Å². The molecule has 3 N–H and O–H groups in total. The molecule has 0 spiro atoms. The Kier molecular flexibility index (Phi) is 3.57. The lowest BCUT2D eigenvalue weighted by Crippen LogP contribution is -2.29. The minimum absolute atomic E-state index is 0.122. The van der Waals surface area contributed by atoms with Gasteiger partial charge in [0.2, 0.25) is 0 Å². The maximum absolute atomic E-state index is 11.6. The standard InChI is InChI=1S/C13H17NO3/c1-14-7-12(16)13(17)9-3-2-8-4-5-11(15)10(8)6-9/h2-3,6,12-14,16-17H,4-5,7H2,1H3. The van der Waals surface area contributed by atoms with Crippen LogP contribution in [-0.4, -0.2) is 35.7 Å². The quantitative estimate of drug-likeness (QED) is 0.708. The molecule has 2 unspecified atom stereocenters. The predicted octanol–water partition coefficient (Wildman–Crippen LogP) is 0.429. The van der Waals surface area contributed by atoms with Crippen molar-refractivity contribution in [1.82, 2.24) is 5.32 Å². The van der Waals surface area contributed by atoms with Crippen LogP contribution in [0.15, 0.2) is 18.2 Å². The summed E-state index contributed by atoms with van der Waals surface area (Å²) in [6, 6.07) is 5.35. The molecule has 1 aromatic carbocycles. The van der Waals surface area contributed by atoms with Crippen molar-refractivity contribution in [2.24, 2.45) is 0 Å². The Morgan fingerprint density at radius 2 is 2.12 bits per heavy atom. The first-order valence-electron chi connectivity index (χ1n) is 5.80. The van der Waals surface area contributed by atoms with Gasteiger partial charge in [-0.1, -0.05) is 12.1 Å². The number of aliphatic hydroxyl groups is 2. The summed E-state index contributed by atoms with van der Waals surface area (Å²) in [5.41, 5.74) is 2.33. The molecular formula is C13H17NO3. The van der Waals surface area contributed by atoms with Crippen LogP contribution in [0.25, 0.3) is 0 Å². The number of hydrogen-bond donors (Lipinski definition) is 3. The molecule has 0 aliphatic heterocycles. The SMILES string of the molecule is CNCC(O)C(O)c1ccc2c(c1)C(=O)CC2. The largest absolute Gasteiger partial charge is 0.389 e. The van der Waals surface area contributed by atoms with E-state index < -0.39 is 12.2 Å². The van der Waals surface area contributed by atoms with Crippen molar-refractivity contribution in [2.45, 2.75) is 25.0 Å². The number of benzene rings is 1. The highest BCUT2D eigenvalue weighted by molar-refractivity contribution is 6.00. The Morgan fingerprint density at radius 3 is 2.82 bits per heavy atom. The van der Waals surface area contributed by atoms with Crippen LogP contribution < -0.4 is 5.32 Å². The second kappa shape index (κ2) is 4.96. The molecule has 0 bridgehead atoms. The first kappa shape index (κ1) is 12.2. The zero-order valence-electron chi connectivity index (χ0n) is 9.81. The highest BCUT2D eigenvalue weighted by Gasteiger charge is 2.23. The van der Waals surface area contributed by atoms with E-state index in [4.69, 9.17) is 0 Å². The van der Waals surface area contributed by atoms with Gasteiger partial charge in [0.15, 0.2) is 5.78 Å². The average Bonchev–Trinajstić information content (AvgIpc) is 2.70. The highest BCUT2D eigenvalue weighted by atomic mass is 16.3. The maximum Gasteiger partial charge on any atom is 0.163 e. The number of aliphatic hydroxyl groups excluding tert-OH is 2. The van der Waals surface area contributed by atoms with E-state index in [1.165, 1.54) is 0 Å². The monoisotopic (exact) mass is 235 g/mol. The van der Waals surface area contributed by atoms with Crippen LogP contribution in [0.3, 0.4) is 0 Å². The maximum atomic E-state index is 11.6. The number of Topliss-reactive ketones (excluding diaryl/α,β-unsaturated/α-hetero) is 1. The Labute approximate surface area is 100 Å². The molecule has 2 rings (SSSR count). The molecule has 2 atom stereocenters. The van der Waals surface area contributed by atoms with Crippen molar-refractivity contribution < 1.29 is 15.0 Å². The van der Waals surface area contributed by atoms with Gasteiger partial charge in [-0.05, 0) is 30.7 Å². The summed E-state index contributed by atoms with van der Waals surface area (Å²) in [7, 11) is 1.71. The van der Waals surface area contributed by atoms with E-state index in [1.54, 1.807) is 19.2 Å². The summed E-state index contributed by atoms with van der Waals surface area (Å²) in [5, 5.41) is 22.4. The minimum Gasteiger partial charge on any atom is -0.389 e. The summed E-state index contributed by atoms with van der Waals surface area (Å²) in [5.74, 6) is 0.122. The Hall–Kier alpha value is -1.23. The normalized spacial score (nSPS) is 17.9. The number of likely N-dealkylation sites (N-methyl/N-ethyl adjacent to an activating group) is 1. The molecule has 4 heteroatoms. The van der Waals surface area contributed by atoms with Crippen molar-refractivity contribution in [3.05, 3.63) is 34.9 Å². The van der Waals surface area contributed by atoms with E-state index in [-0.39, 0.29) is 5.78 Å². The van der Waals surface area contributed by atoms with E-state index in [0.717, 1.165) is 12.0 Å². The molecule has 0 saturated carbocycles. The van der Waals surface area contributed by atoms with Gasteiger partial charge in [-0.2, -0.15) is 0 Å². The molecule has 1 aromatic rings. The van der Waals surface area contributed by atoms with E-state index in [9.17, 15) is 15.0 Å². The third-order valence-electron chi connectivity index (χ3n) is 3.17. The van der Waals surface area contributed by atoms with E-state index in [2.05, 4.69) is 5.32 Å². The highest BCUT2D eigenvalue weighted by Crippen LogP contribution is 2.26. The van der Waals surface area contributed by atoms with Gasteiger partial charge in [0.25, 0.3) is 0 Å². The average molecular weight is 235 g/mol. The molecule has 1 aliphatic rings. The van der Waals surface area contributed by atoms with Gasteiger partial charge in [0.1, 0.15) is 6.10 Å². The van der Waals surface area contributed by atoms with Crippen LogP contribution >= 0.6 is 0 Å². The zero-order chi connectivity index (χ0) is 12.4. The van der Waals surface area contributed by atoms with Crippen molar-refractivity contribution in [1.29, 1.82) is 0 Å². The van der Waals surface area contributed by atoms with Gasteiger partial charge < -0.3 is 15.5 Å². The van der Waals surface area contributed by atoms with Crippen LogP contribution in [0.4, 0.5) is 0 Å². The fraction of sp³-hybridized carbons (Fsp3) is 0.462. The Morgan fingerprint density at radius 1 is 1.35 bits per heavy atom. The molecule has 0 amide bonds. The number of carbonyl (C=O) groups is 1. The molecular weight excluding hydrogens is 218 g/mol. The number of nitrogens with one attached hydrogen (secondary N) is 1. The molecule has 0 saturated heterocycles. The third-order valence-corrected chi connectivity index (χ3v) is 3.17.